The zero-order chi connectivity index (χ0) is 23.6. The predicted molar refractivity (Wildman–Crippen MR) is 121 cm³/mol. The summed E-state index contributed by atoms with van der Waals surface area (Å²) in [6, 6.07) is 16.1. The monoisotopic (exact) mass is 452 g/mol. The average molecular weight is 453 g/mol. The van der Waals surface area contributed by atoms with Crippen LogP contribution in [-0.2, 0) is 19.1 Å². The molecule has 174 valence electrons. The second-order valence-corrected chi connectivity index (χ2v) is 8.56. The van der Waals surface area contributed by atoms with Crippen LogP contribution in [0.3, 0.4) is 0 Å². The van der Waals surface area contributed by atoms with Gasteiger partial charge in [0.2, 0.25) is 0 Å². The quantitative estimate of drug-likeness (QED) is 0.638. The molecular formula is C25H28N2O6. The predicted octanol–water partition coefficient (Wildman–Crippen LogP) is 2.86. The first-order valence-corrected chi connectivity index (χ1v) is 11.0. The molecule has 0 radical (unpaired) electrons. The minimum Gasteiger partial charge on any atom is -0.481 e. The van der Waals surface area contributed by atoms with Crippen molar-refractivity contribution in [2.24, 2.45) is 5.92 Å². The minimum atomic E-state index is -1.32. The molecule has 2 aromatic rings. The van der Waals surface area contributed by atoms with Gasteiger partial charge < -0.3 is 24.8 Å². The van der Waals surface area contributed by atoms with Crippen molar-refractivity contribution in [3.05, 3.63) is 59.7 Å². The zero-order valence-corrected chi connectivity index (χ0v) is 18.7. The molecule has 8 nitrogen and oxygen atoms in total. The van der Waals surface area contributed by atoms with Gasteiger partial charge in [0.25, 0.3) is 5.91 Å². The van der Waals surface area contributed by atoms with Crippen LogP contribution in [0, 0.1) is 5.92 Å². The average Bonchev–Trinajstić information content (AvgIpc) is 3.10. The summed E-state index contributed by atoms with van der Waals surface area (Å²) in [5, 5.41) is 11.8. The van der Waals surface area contributed by atoms with Gasteiger partial charge in [0.1, 0.15) is 12.1 Å². The zero-order valence-electron chi connectivity index (χ0n) is 18.7. The smallest absolute Gasteiger partial charge is 0.408 e. The number of methoxy groups -OCH3 is 1. The lowest BCUT2D eigenvalue weighted by Gasteiger charge is -2.43. The number of hydrogen-bond donors (Lipinski definition) is 2. The molecule has 1 aliphatic carbocycles. The van der Waals surface area contributed by atoms with Crippen LogP contribution in [0.2, 0.25) is 0 Å². The van der Waals surface area contributed by atoms with Gasteiger partial charge in [-0.3, -0.25) is 9.59 Å². The van der Waals surface area contributed by atoms with Crippen LogP contribution in [0.4, 0.5) is 4.79 Å². The van der Waals surface area contributed by atoms with Crippen molar-refractivity contribution in [1.82, 2.24) is 10.2 Å². The maximum Gasteiger partial charge on any atom is 0.408 e. The number of nitrogens with zero attached hydrogens (tertiary/aromatic N) is 1. The second kappa shape index (κ2) is 9.23. The van der Waals surface area contributed by atoms with Gasteiger partial charge in [-0.1, -0.05) is 55.5 Å². The number of hydrogen-bond acceptors (Lipinski definition) is 5. The number of carboxylic acids is 1. The molecule has 0 aromatic heterocycles. The minimum absolute atomic E-state index is 0.0409. The maximum atomic E-state index is 13.1. The Labute approximate surface area is 192 Å². The van der Waals surface area contributed by atoms with E-state index in [4.69, 9.17) is 14.6 Å². The van der Waals surface area contributed by atoms with E-state index in [2.05, 4.69) is 17.4 Å². The van der Waals surface area contributed by atoms with E-state index in [9.17, 15) is 14.4 Å². The van der Waals surface area contributed by atoms with Gasteiger partial charge in [0.15, 0.2) is 0 Å². The summed E-state index contributed by atoms with van der Waals surface area (Å²) in [5.74, 6) is -1.97. The molecule has 1 heterocycles. The van der Waals surface area contributed by atoms with Crippen molar-refractivity contribution in [3.63, 3.8) is 0 Å². The molecule has 2 N–H and O–H groups in total. The van der Waals surface area contributed by atoms with E-state index in [0.717, 1.165) is 22.3 Å². The molecule has 0 spiro atoms. The number of fused-ring (bicyclic) bond motifs is 3. The Kier molecular flexibility index (Phi) is 6.37. The van der Waals surface area contributed by atoms with Crippen molar-refractivity contribution in [2.45, 2.75) is 24.8 Å². The first kappa shape index (κ1) is 22.8. The number of likely N-dealkylation sites (tertiary alicyclic amines) is 1. The molecule has 4 rings (SSSR count). The first-order valence-electron chi connectivity index (χ1n) is 11.0. The third-order valence-corrected chi connectivity index (χ3v) is 6.61. The number of alkyl carbamates (subject to hydrolysis) is 1. The molecule has 0 saturated carbocycles. The summed E-state index contributed by atoms with van der Waals surface area (Å²) in [4.78, 5) is 38.5. The third-order valence-electron chi connectivity index (χ3n) is 6.61. The lowest BCUT2D eigenvalue weighted by Crippen LogP contribution is -2.66. The van der Waals surface area contributed by atoms with E-state index in [-0.39, 0.29) is 44.5 Å². The van der Waals surface area contributed by atoms with E-state index in [1.807, 2.05) is 36.4 Å². The van der Waals surface area contributed by atoms with E-state index in [0.29, 0.717) is 0 Å². The highest BCUT2D eigenvalue weighted by Crippen LogP contribution is 2.44. The van der Waals surface area contributed by atoms with Crippen molar-refractivity contribution >= 4 is 18.0 Å². The Morgan fingerprint density at radius 2 is 1.64 bits per heavy atom. The summed E-state index contributed by atoms with van der Waals surface area (Å²) < 4.78 is 10.9. The lowest BCUT2D eigenvalue weighted by molar-refractivity contribution is -0.157. The Morgan fingerprint density at radius 3 is 2.15 bits per heavy atom. The van der Waals surface area contributed by atoms with Gasteiger partial charge >= 0.3 is 12.1 Å². The van der Waals surface area contributed by atoms with Crippen molar-refractivity contribution in [2.75, 3.05) is 33.4 Å². The molecule has 33 heavy (non-hydrogen) atoms. The number of carbonyl (C=O) groups excluding carboxylic acids is 2. The van der Waals surface area contributed by atoms with Crippen LogP contribution < -0.4 is 5.32 Å². The van der Waals surface area contributed by atoms with E-state index in [1.165, 1.54) is 12.0 Å². The van der Waals surface area contributed by atoms with E-state index >= 15 is 0 Å². The molecule has 1 fully saturated rings. The van der Waals surface area contributed by atoms with Gasteiger partial charge in [0.05, 0.1) is 12.5 Å². The molecule has 0 bridgehead atoms. The topological polar surface area (TPSA) is 105 Å². The fraction of sp³-hybridized carbons (Fsp3) is 0.400. The van der Waals surface area contributed by atoms with Crippen LogP contribution in [-0.4, -0.2) is 66.9 Å². The number of benzene rings is 2. The Balaban J connectivity index is 1.45. The Bertz CT molecular complexity index is 1020. The summed E-state index contributed by atoms with van der Waals surface area (Å²) in [6.07, 6.45) is -0.433. The SMILES string of the molecule is CCC(COC)(NC(=O)OCC1c2ccccc2-c2ccccc21)C(=O)N1CC(C(=O)O)C1. The number of aliphatic carboxylic acids is 1. The summed E-state index contributed by atoms with van der Waals surface area (Å²) in [5.41, 5.74) is 3.14. The van der Waals surface area contributed by atoms with Crippen LogP contribution in [0.1, 0.15) is 30.4 Å². The molecule has 8 heteroatoms. The molecular weight excluding hydrogens is 424 g/mol. The highest BCUT2D eigenvalue weighted by molar-refractivity contribution is 5.92. The van der Waals surface area contributed by atoms with E-state index < -0.39 is 23.5 Å². The van der Waals surface area contributed by atoms with Crippen molar-refractivity contribution in [1.29, 1.82) is 0 Å². The van der Waals surface area contributed by atoms with Gasteiger partial charge in [-0.2, -0.15) is 0 Å². The molecule has 1 unspecified atom stereocenters. The highest BCUT2D eigenvalue weighted by Gasteiger charge is 2.47. The van der Waals surface area contributed by atoms with Gasteiger partial charge in [-0.15, -0.1) is 0 Å². The molecule has 2 aromatic carbocycles. The van der Waals surface area contributed by atoms with E-state index in [1.54, 1.807) is 6.92 Å². The van der Waals surface area contributed by atoms with Crippen LogP contribution in [0.25, 0.3) is 11.1 Å². The third kappa shape index (κ3) is 4.18. The van der Waals surface area contributed by atoms with Gasteiger partial charge in [-0.05, 0) is 28.7 Å². The summed E-state index contributed by atoms with van der Waals surface area (Å²) in [7, 11) is 1.45. The Morgan fingerprint density at radius 1 is 1.06 bits per heavy atom. The number of rotatable bonds is 8. The van der Waals surface area contributed by atoms with Crippen LogP contribution >= 0.6 is 0 Å². The number of ether oxygens (including phenoxy) is 2. The second-order valence-electron chi connectivity index (χ2n) is 8.56. The van der Waals surface area contributed by atoms with Gasteiger partial charge in [0, 0.05) is 26.1 Å². The first-order chi connectivity index (χ1) is 15.9. The van der Waals surface area contributed by atoms with Gasteiger partial charge in [-0.25, -0.2) is 4.79 Å². The van der Waals surface area contributed by atoms with Crippen molar-refractivity contribution < 1.29 is 29.0 Å². The Hall–Kier alpha value is -3.39. The number of amides is 2. The standard InChI is InChI=1S/C25H28N2O6/c1-3-25(15-32-2,23(30)27-12-16(13-27)22(28)29)26-24(31)33-14-21-19-10-6-4-8-17(19)18-9-5-7-11-20(18)21/h4-11,16,21H,3,12-15H2,1-2H3,(H,26,31)(H,28,29). The van der Waals surface area contributed by atoms with Crippen molar-refractivity contribution in [3.8, 4) is 11.1 Å². The molecule has 1 saturated heterocycles. The van der Waals surface area contributed by atoms with Crippen LogP contribution in [0.5, 0.6) is 0 Å². The summed E-state index contributed by atoms with van der Waals surface area (Å²) >= 11 is 0. The summed E-state index contributed by atoms with van der Waals surface area (Å²) in [6.45, 7) is 2.10. The molecule has 1 aliphatic heterocycles. The normalized spacial score (nSPS) is 16.8. The molecule has 1 atom stereocenters. The molecule has 2 aliphatic rings. The number of carboxylic acid groups (broad SMARTS) is 1. The fourth-order valence-electron chi connectivity index (χ4n) is 4.67. The lowest BCUT2D eigenvalue weighted by atomic mass is 9.91. The van der Waals surface area contributed by atoms with Crippen LogP contribution in [0.15, 0.2) is 48.5 Å². The maximum absolute atomic E-state index is 13.1. The number of carbonyl (C=O) groups is 3. The fourth-order valence-corrected chi connectivity index (χ4v) is 4.67. The number of nitrogens with one attached hydrogen (secondary N) is 1. The molecule has 2 amide bonds. The highest BCUT2D eigenvalue weighted by atomic mass is 16.5. The largest absolute Gasteiger partial charge is 0.481 e.